The molecule has 2 amide bonds. The van der Waals surface area contributed by atoms with E-state index in [-0.39, 0.29) is 0 Å². The van der Waals surface area contributed by atoms with E-state index in [1.807, 2.05) is 0 Å². The fourth-order valence-corrected chi connectivity index (χ4v) is 4.52. The van der Waals surface area contributed by atoms with Gasteiger partial charge in [0.1, 0.15) is 0 Å². The molecule has 0 spiro atoms. The number of anilines is 1. The molecule has 26 heavy (non-hydrogen) atoms. The second-order valence-electron chi connectivity index (χ2n) is 6.73. The molecule has 3 rings (SSSR count). The number of carbonyl (C=O) groups is 2. The number of likely N-dealkylation sites (tertiary alicyclic amines) is 1. The van der Waals surface area contributed by atoms with E-state index in [0.717, 1.165) is 54.0 Å². The summed E-state index contributed by atoms with van der Waals surface area (Å²) in [6, 6.07) is -0.732. The van der Waals surface area contributed by atoms with E-state index in [0.29, 0.717) is 5.13 Å². The number of nitrogens with zero attached hydrogens (tertiary/aromatic N) is 2. The summed E-state index contributed by atoms with van der Waals surface area (Å²) in [5, 5.41) is 11.9. The monoisotopic (exact) mass is 391 g/mol. The number of carboxylic acids is 1. The number of carbonyl (C=O) groups excluding carboxylic acids is 1. The molecule has 1 saturated heterocycles. The number of alkyl halides is 3. The van der Waals surface area contributed by atoms with Crippen molar-refractivity contribution in [1.29, 1.82) is 0 Å². The lowest BCUT2D eigenvalue weighted by atomic mass is 9.96. The Balaban J connectivity index is 1.68. The van der Waals surface area contributed by atoms with Crippen LogP contribution in [0.15, 0.2) is 0 Å². The molecule has 10 heteroatoms. The molecule has 1 aromatic heterocycles. The van der Waals surface area contributed by atoms with Crippen molar-refractivity contribution in [3.63, 3.8) is 0 Å². The first-order valence-corrected chi connectivity index (χ1v) is 9.41. The lowest BCUT2D eigenvalue weighted by Gasteiger charge is -2.18. The maximum atomic E-state index is 13.0. The zero-order valence-corrected chi connectivity index (χ0v) is 14.8. The minimum absolute atomic E-state index is 0.365. The number of halogens is 3. The lowest BCUT2D eigenvalue weighted by Crippen LogP contribution is -2.35. The standard InChI is InChI=1S/C16H20F3N3O3S/c17-16(18,19)10-8-22(7-9(10)13(23)24)15(25)21-14-20-11-5-3-1-2-4-6-12(11)26-14/h9-10H,1-8H2,(H,23,24)(H,20,21,25)/t9-,10-/m1/s1. The van der Waals surface area contributed by atoms with Crippen LogP contribution in [0.3, 0.4) is 0 Å². The van der Waals surface area contributed by atoms with Crippen LogP contribution in [0.5, 0.6) is 0 Å². The first-order valence-electron chi connectivity index (χ1n) is 8.59. The highest BCUT2D eigenvalue weighted by Crippen LogP contribution is 2.38. The van der Waals surface area contributed by atoms with Gasteiger partial charge in [-0.15, -0.1) is 11.3 Å². The number of aliphatic carboxylic acids is 1. The van der Waals surface area contributed by atoms with Gasteiger partial charge in [0.15, 0.2) is 5.13 Å². The summed E-state index contributed by atoms with van der Waals surface area (Å²) in [6.45, 7) is -1.12. The normalized spacial score (nSPS) is 23.9. The van der Waals surface area contributed by atoms with Gasteiger partial charge in [-0.1, -0.05) is 12.8 Å². The van der Waals surface area contributed by atoms with Crippen molar-refractivity contribution >= 4 is 28.5 Å². The van der Waals surface area contributed by atoms with Crippen LogP contribution in [0.1, 0.15) is 36.3 Å². The molecule has 6 nitrogen and oxygen atoms in total. The van der Waals surface area contributed by atoms with Gasteiger partial charge in [0.25, 0.3) is 0 Å². The van der Waals surface area contributed by atoms with E-state index < -0.39 is 43.1 Å². The summed E-state index contributed by atoms with van der Waals surface area (Å²) in [5.41, 5.74) is 0.947. The van der Waals surface area contributed by atoms with Gasteiger partial charge in [-0.3, -0.25) is 10.1 Å². The van der Waals surface area contributed by atoms with Crippen LogP contribution in [0.4, 0.5) is 23.1 Å². The van der Waals surface area contributed by atoms with Crippen LogP contribution in [0, 0.1) is 11.8 Å². The second kappa shape index (κ2) is 7.42. The van der Waals surface area contributed by atoms with E-state index in [2.05, 4.69) is 10.3 Å². The molecule has 1 aromatic rings. The predicted octanol–water partition coefficient (Wildman–Crippen LogP) is 3.53. The maximum absolute atomic E-state index is 13.0. The van der Waals surface area contributed by atoms with Crippen molar-refractivity contribution < 1.29 is 27.9 Å². The van der Waals surface area contributed by atoms with Crippen molar-refractivity contribution in [2.45, 2.75) is 44.7 Å². The smallest absolute Gasteiger partial charge is 0.394 e. The number of amides is 2. The SMILES string of the molecule is O=C(O)[C@@H]1CN(C(=O)Nc2nc3c(s2)CCCCCC3)C[C@H]1C(F)(F)F. The first kappa shape index (κ1) is 18.9. The molecule has 0 unspecified atom stereocenters. The van der Waals surface area contributed by atoms with Crippen molar-refractivity contribution in [2.75, 3.05) is 18.4 Å². The summed E-state index contributed by atoms with van der Waals surface area (Å²) in [6.07, 6.45) is 1.46. The molecule has 2 atom stereocenters. The highest BCUT2D eigenvalue weighted by molar-refractivity contribution is 7.15. The molecule has 1 fully saturated rings. The van der Waals surface area contributed by atoms with Gasteiger partial charge in [-0.25, -0.2) is 9.78 Å². The number of rotatable bonds is 2. The first-order chi connectivity index (χ1) is 12.3. The van der Waals surface area contributed by atoms with Gasteiger partial charge >= 0.3 is 18.2 Å². The molecule has 1 aliphatic carbocycles. The van der Waals surface area contributed by atoms with Gasteiger partial charge in [-0.05, 0) is 25.7 Å². The van der Waals surface area contributed by atoms with Gasteiger partial charge in [0, 0.05) is 18.0 Å². The Kier molecular flexibility index (Phi) is 5.40. The highest BCUT2D eigenvalue weighted by atomic mass is 32.1. The number of thiazole rings is 1. The predicted molar refractivity (Wildman–Crippen MR) is 89.3 cm³/mol. The lowest BCUT2D eigenvalue weighted by molar-refractivity contribution is -0.187. The third-order valence-corrected chi connectivity index (χ3v) is 5.98. The zero-order valence-electron chi connectivity index (χ0n) is 14.0. The molecule has 1 aliphatic heterocycles. The zero-order chi connectivity index (χ0) is 18.9. The molecule has 2 N–H and O–H groups in total. The van der Waals surface area contributed by atoms with Crippen molar-refractivity contribution in [2.24, 2.45) is 11.8 Å². The minimum atomic E-state index is -4.66. The van der Waals surface area contributed by atoms with E-state index in [1.54, 1.807) is 0 Å². The number of nitrogens with one attached hydrogen (secondary N) is 1. The molecule has 0 radical (unpaired) electrons. The van der Waals surface area contributed by atoms with Gasteiger partial charge in [0.2, 0.25) is 0 Å². The molecule has 0 aromatic carbocycles. The number of fused-ring (bicyclic) bond motifs is 1. The molecule has 2 aliphatic rings. The molecule has 0 saturated carbocycles. The Bertz CT molecular complexity index is 667. The summed E-state index contributed by atoms with van der Waals surface area (Å²) in [4.78, 5) is 29.9. The Morgan fingerprint density at radius 1 is 1.15 bits per heavy atom. The largest absolute Gasteiger partial charge is 0.481 e. The second-order valence-corrected chi connectivity index (χ2v) is 7.81. The number of aryl methyl sites for hydroxylation is 2. The van der Waals surface area contributed by atoms with Gasteiger partial charge < -0.3 is 10.0 Å². The number of aromatic nitrogens is 1. The Hall–Kier alpha value is -1.84. The average Bonchev–Trinajstić information content (AvgIpc) is 3.12. The maximum Gasteiger partial charge on any atom is 0.394 e. The van der Waals surface area contributed by atoms with Crippen LogP contribution in [0.2, 0.25) is 0 Å². The quantitative estimate of drug-likeness (QED) is 0.808. The highest BCUT2D eigenvalue weighted by Gasteiger charge is 2.53. The number of carboxylic acid groups (broad SMARTS) is 1. The fourth-order valence-electron chi connectivity index (χ4n) is 3.48. The number of hydrogen-bond donors (Lipinski definition) is 2. The van der Waals surface area contributed by atoms with E-state index in [1.165, 1.54) is 11.3 Å². The Morgan fingerprint density at radius 2 is 1.85 bits per heavy atom. The van der Waals surface area contributed by atoms with Crippen LogP contribution < -0.4 is 5.32 Å². The summed E-state index contributed by atoms with van der Waals surface area (Å²) in [5.74, 6) is -5.24. The van der Waals surface area contributed by atoms with E-state index >= 15 is 0 Å². The average molecular weight is 391 g/mol. The summed E-state index contributed by atoms with van der Waals surface area (Å²) >= 11 is 1.35. The summed E-state index contributed by atoms with van der Waals surface area (Å²) in [7, 11) is 0. The third-order valence-electron chi connectivity index (χ3n) is 4.90. The van der Waals surface area contributed by atoms with Crippen LogP contribution >= 0.6 is 11.3 Å². The summed E-state index contributed by atoms with van der Waals surface area (Å²) < 4.78 is 39.1. The number of urea groups is 1. The van der Waals surface area contributed by atoms with Crippen LogP contribution in [-0.4, -0.2) is 46.3 Å². The fraction of sp³-hybridized carbons (Fsp3) is 0.688. The third kappa shape index (κ3) is 4.11. The van der Waals surface area contributed by atoms with Crippen molar-refractivity contribution in [3.05, 3.63) is 10.6 Å². The Morgan fingerprint density at radius 3 is 2.46 bits per heavy atom. The molecular weight excluding hydrogens is 371 g/mol. The van der Waals surface area contributed by atoms with E-state index in [9.17, 15) is 22.8 Å². The van der Waals surface area contributed by atoms with Crippen LogP contribution in [-0.2, 0) is 17.6 Å². The topological polar surface area (TPSA) is 82.5 Å². The van der Waals surface area contributed by atoms with Gasteiger partial charge in [-0.2, -0.15) is 13.2 Å². The van der Waals surface area contributed by atoms with Crippen molar-refractivity contribution in [3.8, 4) is 0 Å². The van der Waals surface area contributed by atoms with Crippen LogP contribution in [0.25, 0.3) is 0 Å². The minimum Gasteiger partial charge on any atom is -0.481 e. The molecular formula is C16H20F3N3O3S. The Labute approximate surface area is 152 Å². The molecule has 0 bridgehead atoms. The number of hydrogen-bond acceptors (Lipinski definition) is 4. The van der Waals surface area contributed by atoms with Crippen molar-refractivity contribution in [1.82, 2.24) is 9.88 Å². The molecule has 144 valence electrons. The van der Waals surface area contributed by atoms with Gasteiger partial charge in [0.05, 0.1) is 17.5 Å². The molecule has 2 heterocycles. The van der Waals surface area contributed by atoms with E-state index in [4.69, 9.17) is 5.11 Å².